The Labute approximate surface area is 357 Å². The molecule has 0 aliphatic heterocycles. The van der Waals surface area contributed by atoms with Crippen LogP contribution in [0.3, 0.4) is 0 Å². The summed E-state index contributed by atoms with van der Waals surface area (Å²) in [5, 5.41) is 21.3. The third kappa shape index (κ3) is 32.6. The van der Waals surface area contributed by atoms with E-state index in [-0.39, 0.29) is 50.6 Å². The number of hydrogen-bond donors (Lipinski definition) is 0. The summed E-state index contributed by atoms with van der Waals surface area (Å²) in [7, 11) is 0. The fourth-order valence-electron chi connectivity index (χ4n) is 7.50. The summed E-state index contributed by atoms with van der Waals surface area (Å²) >= 11 is 0. The fourth-order valence-corrected chi connectivity index (χ4v) is 7.50. The molecular weight excluding hydrogens is 681 g/mol. The molecule has 0 radical (unpaired) electrons. The van der Waals surface area contributed by atoms with E-state index in [9.17, 15) is 19.8 Å². The first-order chi connectivity index (χ1) is 25.5. The van der Waals surface area contributed by atoms with Gasteiger partial charge in [-0.15, -0.1) is 0 Å². The smallest absolute Gasteiger partial charge is 0.550 e. The number of carbonyl (C=O) groups is 2. The maximum atomic E-state index is 10.7. The molecule has 2 aromatic carbocycles. The van der Waals surface area contributed by atoms with Crippen LogP contribution in [0.4, 0.5) is 0 Å². The van der Waals surface area contributed by atoms with Gasteiger partial charge < -0.3 is 19.8 Å². The van der Waals surface area contributed by atoms with E-state index in [4.69, 9.17) is 0 Å². The van der Waals surface area contributed by atoms with Crippen LogP contribution in [0.5, 0.6) is 0 Å². The van der Waals surface area contributed by atoms with Crippen molar-refractivity contribution < 1.29 is 19.8 Å². The minimum absolute atomic E-state index is 0. The second kappa shape index (κ2) is 38.9. The third-order valence-corrected chi connectivity index (χ3v) is 10.7. The molecule has 0 spiro atoms. The van der Waals surface area contributed by atoms with Crippen LogP contribution in [0.15, 0.2) is 60.7 Å². The van der Waals surface area contributed by atoms with E-state index in [0.717, 1.165) is 25.7 Å². The van der Waals surface area contributed by atoms with Gasteiger partial charge in [-0.05, 0) is 74.3 Å². The van der Waals surface area contributed by atoms with Crippen LogP contribution in [0, 0.1) is 0 Å². The Bertz CT molecular complexity index is 974. The average molecular weight is 759 g/mol. The van der Waals surface area contributed by atoms with Gasteiger partial charge in [0.25, 0.3) is 0 Å². The number of hydrogen-bond acceptors (Lipinski definition) is 4. The van der Waals surface area contributed by atoms with Gasteiger partial charge in [-0.3, -0.25) is 0 Å². The first-order valence-corrected chi connectivity index (χ1v) is 22.0. The molecule has 296 valence electrons. The van der Waals surface area contributed by atoms with Gasteiger partial charge in [-0.25, -0.2) is 0 Å². The molecule has 53 heavy (non-hydrogen) atoms. The standard InChI is InChI=1S/2C24H40O2.Ca/c2*1-2-3-4-5-6-7-8-9-10-11-13-17-23(20-16-21-24(25)26)22-18-14-12-15-19-22;/h2*12,14-15,18-19,23H,2-11,13,16-17,20-21H2,1H3,(H,25,26);/q;;+2/p-2. The third-order valence-electron chi connectivity index (χ3n) is 10.7. The molecule has 0 fully saturated rings. The molecular formula is C48H78CaO4. The van der Waals surface area contributed by atoms with Gasteiger partial charge in [0, 0.05) is 11.9 Å². The largest absolute Gasteiger partial charge is 2.00 e. The zero-order valence-electron chi connectivity index (χ0n) is 34.5. The molecule has 0 aliphatic carbocycles. The van der Waals surface area contributed by atoms with Crippen molar-refractivity contribution in [1.82, 2.24) is 0 Å². The van der Waals surface area contributed by atoms with E-state index in [1.807, 2.05) is 12.1 Å². The molecule has 2 aromatic rings. The normalized spacial score (nSPS) is 12.0. The first-order valence-electron chi connectivity index (χ1n) is 22.0. The van der Waals surface area contributed by atoms with Crippen molar-refractivity contribution in [2.24, 2.45) is 0 Å². The van der Waals surface area contributed by atoms with Gasteiger partial charge in [0.2, 0.25) is 0 Å². The maximum Gasteiger partial charge on any atom is 2.00 e. The average Bonchev–Trinajstić information content (AvgIpc) is 3.15. The molecule has 0 amide bonds. The van der Waals surface area contributed by atoms with Crippen LogP contribution in [0.25, 0.3) is 0 Å². The summed E-state index contributed by atoms with van der Waals surface area (Å²) < 4.78 is 0. The molecule has 0 saturated carbocycles. The van der Waals surface area contributed by atoms with E-state index in [2.05, 4.69) is 62.4 Å². The van der Waals surface area contributed by atoms with Gasteiger partial charge in [0.1, 0.15) is 0 Å². The van der Waals surface area contributed by atoms with Crippen molar-refractivity contribution in [2.75, 3.05) is 0 Å². The molecule has 0 heterocycles. The minimum Gasteiger partial charge on any atom is -0.550 e. The van der Waals surface area contributed by atoms with Gasteiger partial charge >= 0.3 is 37.7 Å². The number of carboxylic acids is 2. The summed E-state index contributed by atoms with van der Waals surface area (Å²) in [6.45, 7) is 4.54. The SMILES string of the molecule is CCCCCCCCCCCCCC(CCCC(=O)[O-])c1ccccc1.CCCCCCCCCCCCCC(CCCC(=O)[O-])c1ccccc1.[Ca+2]. The summed E-state index contributed by atoms with van der Waals surface area (Å²) in [4.78, 5) is 21.3. The van der Waals surface area contributed by atoms with Crippen LogP contribution in [0.1, 0.15) is 229 Å². The Morgan fingerprint density at radius 3 is 0.906 bits per heavy atom. The van der Waals surface area contributed by atoms with Gasteiger partial charge in [0.05, 0.1) is 0 Å². The Kier molecular flexibility index (Phi) is 37.9. The van der Waals surface area contributed by atoms with E-state index < -0.39 is 11.9 Å². The van der Waals surface area contributed by atoms with E-state index in [1.165, 1.54) is 165 Å². The van der Waals surface area contributed by atoms with Crippen LogP contribution in [0.2, 0.25) is 0 Å². The zero-order chi connectivity index (χ0) is 37.7. The monoisotopic (exact) mass is 759 g/mol. The molecule has 0 saturated heterocycles. The van der Waals surface area contributed by atoms with E-state index in [0.29, 0.717) is 11.8 Å². The molecule has 2 rings (SSSR count). The number of benzene rings is 2. The second-order valence-corrected chi connectivity index (χ2v) is 15.4. The van der Waals surface area contributed by atoms with E-state index in [1.54, 1.807) is 0 Å². The van der Waals surface area contributed by atoms with Crippen LogP contribution in [-0.2, 0) is 9.59 Å². The Morgan fingerprint density at radius 2 is 0.642 bits per heavy atom. The number of aliphatic carboxylic acids is 2. The molecule has 0 aliphatic rings. The first kappa shape index (κ1) is 51.6. The number of carboxylic acid groups (broad SMARTS) is 2. The quantitative estimate of drug-likeness (QED) is 0.0526. The number of rotatable bonds is 34. The van der Waals surface area contributed by atoms with Crippen molar-refractivity contribution in [3.63, 3.8) is 0 Å². The minimum atomic E-state index is -0.925. The molecule has 2 atom stereocenters. The van der Waals surface area contributed by atoms with E-state index >= 15 is 0 Å². The molecule has 4 nitrogen and oxygen atoms in total. The summed E-state index contributed by atoms with van der Waals surface area (Å²) in [6, 6.07) is 21.2. The summed E-state index contributed by atoms with van der Waals surface area (Å²) in [5.74, 6) is -0.860. The molecule has 0 bridgehead atoms. The summed E-state index contributed by atoms with van der Waals surface area (Å²) in [5.41, 5.74) is 2.72. The topological polar surface area (TPSA) is 80.3 Å². The fraction of sp³-hybridized carbons (Fsp3) is 0.708. The number of unbranched alkanes of at least 4 members (excludes halogenated alkanes) is 20. The Morgan fingerprint density at radius 1 is 0.396 bits per heavy atom. The van der Waals surface area contributed by atoms with Crippen molar-refractivity contribution in [3.05, 3.63) is 71.8 Å². The summed E-state index contributed by atoms with van der Waals surface area (Å²) in [6.07, 6.45) is 36.1. The van der Waals surface area contributed by atoms with Crippen LogP contribution in [-0.4, -0.2) is 49.7 Å². The zero-order valence-corrected chi connectivity index (χ0v) is 36.7. The molecule has 2 unspecified atom stereocenters. The van der Waals surface area contributed by atoms with Crippen molar-refractivity contribution in [3.8, 4) is 0 Å². The van der Waals surface area contributed by atoms with Gasteiger partial charge in [0.15, 0.2) is 0 Å². The van der Waals surface area contributed by atoms with Gasteiger partial charge in [-0.1, -0.05) is 216 Å². The van der Waals surface area contributed by atoms with Crippen LogP contribution < -0.4 is 10.2 Å². The number of carbonyl (C=O) groups excluding carboxylic acids is 2. The molecule has 0 N–H and O–H groups in total. The molecule has 5 heteroatoms. The predicted octanol–water partition coefficient (Wildman–Crippen LogP) is 12.4. The van der Waals surface area contributed by atoms with Gasteiger partial charge in [-0.2, -0.15) is 0 Å². The van der Waals surface area contributed by atoms with Crippen molar-refractivity contribution >= 4 is 49.7 Å². The predicted molar refractivity (Wildman–Crippen MR) is 224 cm³/mol. The Balaban J connectivity index is 0.00000100. The van der Waals surface area contributed by atoms with Crippen molar-refractivity contribution in [2.45, 2.75) is 218 Å². The second-order valence-electron chi connectivity index (χ2n) is 15.4. The molecule has 0 aromatic heterocycles. The Hall–Kier alpha value is -1.36. The maximum absolute atomic E-state index is 10.7. The van der Waals surface area contributed by atoms with Crippen LogP contribution >= 0.6 is 0 Å². The van der Waals surface area contributed by atoms with Crippen molar-refractivity contribution in [1.29, 1.82) is 0 Å².